The van der Waals surface area contributed by atoms with Crippen LogP contribution in [0.5, 0.6) is 0 Å². The zero-order valence-electron chi connectivity index (χ0n) is 20.7. The Morgan fingerprint density at radius 1 is 1.00 bits per heavy atom. The average molecular weight is 493 g/mol. The van der Waals surface area contributed by atoms with Gasteiger partial charge in [-0.25, -0.2) is 9.37 Å². The average Bonchev–Trinajstić information content (AvgIpc) is 3.49. The normalized spacial score (nSPS) is 13.7. The molecule has 0 bridgehead atoms. The summed E-state index contributed by atoms with van der Waals surface area (Å²) in [6.45, 7) is 2.67. The molecular weight excluding hydrogens is 467 g/mol. The first-order valence-corrected chi connectivity index (χ1v) is 12.0. The number of fused-ring (bicyclic) bond motifs is 2. The van der Waals surface area contributed by atoms with Crippen molar-refractivity contribution in [2.24, 2.45) is 0 Å². The van der Waals surface area contributed by atoms with Crippen LogP contribution in [0.3, 0.4) is 0 Å². The predicted octanol–water partition coefficient (Wildman–Crippen LogP) is 3.60. The van der Waals surface area contributed by atoms with Crippen molar-refractivity contribution in [3.8, 4) is 22.6 Å². The van der Waals surface area contributed by atoms with E-state index < -0.39 is 0 Å². The number of halogens is 1. The van der Waals surface area contributed by atoms with Crippen LogP contribution in [0.1, 0.15) is 24.5 Å². The van der Waals surface area contributed by atoms with E-state index in [-0.39, 0.29) is 5.83 Å². The van der Waals surface area contributed by atoms with E-state index in [1.54, 1.807) is 31.0 Å². The van der Waals surface area contributed by atoms with E-state index in [4.69, 9.17) is 4.98 Å². The van der Waals surface area contributed by atoms with Crippen LogP contribution < -0.4 is 10.6 Å². The van der Waals surface area contributed by atoms with Crippen molar-refractivity contribution in [1.82, 2.24) is 40.0 Å². The van der Waals surface area contributed by atoms with E-state index in [1.807, 2.05) is 51.5 Å². The largest absolute Gasteiger partial charge is 0.335 e. The molecule has 9 heteroatoms. The van der Waals surface area contributed by atoms with Gasteiger partial charge in [0.2, 0.25) is 0 Å². The number of hydrogen-bond acceptors (Lipinski definition) is 6. The summed E-state index contributed by atoms with van der Waals surface area (Å²) in [6, 6.07) is 5.82. The minimum absolute atomic E-state index is 0.346. The maximum atomic E-state index is 16.5. The fraction of sp³-hybridized carbons (Fsp3) is 0.179. The van der Waals surface area contributed by atoms with E-state index in [2.05, 4.69) is 35.0 Å². The lowest BCUT2D eigenvalue weighted by Crippen LogP contribution is -2.25. The molecule has 0 spiro atoms. The molecule has 0 fully saturated rings. The van der Waals surface area contributed by atoms with Gasteiger partial charge in [-0.15, -0.1) is 0 Å². The van der Waals surface area contributed by atoms with Crippen LogP contribution in [0.2, 0.25) is 0 Å². The van der Waals surface area contributed by atoms with Crippen LogP contribution >= 0.6 is 0 Å². The molecule has 8 nitrogen and oxygen atoms in total. The van der Waals surface area contributed by atoms with Crippen LogP contribution in [-0.4, -0.2) is 54.1 Å². The summed E-state index contributed by atoms with van der Waals surface area (Å²) in [5.41, 5.74) is 6.94. The molecule has 5 aromatic rings. The van der Waals surface area contributed by atoms with Gasteiger partial charge in [-0.2, -0.15) is 5.10 Å². The minimum Gasteiger partial charge on any atom is -0.335 e. The van der Waals surface area contributed by atoms with Gasteiger partial charge in [0.15, 0.2) is 5.82 Å². The highest BCUT2D eigenvalue weighted by Gasteiger charge is 2.22. The van der Waals surface area contributed by atoms with E-state index in [0.717, 1.165) is 45.4 Å². The molecular formula is C28H25FN8. The molecule has 0 unspecified atom stereocenters. The first-order chi connectivity index (χ1) is 18.0. The van der Waals surface area contributed by atoms with E-state index in [9.17, 15) is 0 Å². The summed E-state index contributed by atoms with van der Waals surface area (Å²) < 4.78 is 16.5. The highest BCUT2D eigenvalue weighted by molar-refractivity contribution is 5.98. The second-order valence-electron chi connectivity index (χ2n) is 9.46. The Morgan fingerprint density at radius 2 is 1.81 bits per heavy atom. The Balaban J connectivity index is 1.53. The lowest BCUT2D eigenvalue weighted by molar-refractivity contribution is 0.402. The number of H-pyrrole nitrogens is 2. The molecule has 5 aromatic heterocycles. The Kier molecular flexibility index (Phi) is 5.69. The third-order valence-electron chi connectivity index (χ3n) is 6.46. The second-order valence-corrected chi connectivity index (χ2v) is 9.46. The number of nitrogens with zero attached hydrogens (tertiary/aromatic N) is 6. The molecule has 37 heavy (non-hydrogen) atoms. The van der Waals surface area contributed by atoms with Crippen LogP contribution in [0.15, 0.2) is 61.0 Å². The van der Waals surface area contributed by atoms with Crippen molar-refractivity contribution in [2.75, 3.05) is 14.1 Å². The van der Waals surface area contributed by atoms with Crippen molar-refractivity contribution in [3.63, 3.8) is 0 Å². The first-order valence-electron chi connectivity index (χ1n) is 12.0. The molecule has 1 aliphatic rings. The number of pyridine rings is 3. The Morgan fingerprint density at radius 3 is 2.62 bits per heavy atom. The van der Waals surface area contributed by atoms with Crippen molar-refractivity contribution in [2.45, 2.75) is 19.9 Å². The number of imidazole rings is 1. The second kappa shape index (κ2) is 9.18. The van der Waals surface area contributed by atoms with Crippen molar-refractivity contribution >= 4 is 28.5 Å². The Labute approximate surface area is 212 Å². The third kappa shape index (κ3) is 4.13. The highest BCUT2D eigenvalue weighted by Crippen LogP contribution is 2.32. The number of aromatic nitrogens is 7. The SMILES string of the molecule is CC1=C(c2cncc(CN(C)C)c2)C(F)=c2c(-c3nc4c(-c5ccncc5)cncc4[nH]3)n[nH]c2=CC1. The monoisotopic (exact) mass is 492 g/mol. The van der Waals surface area contributed by atoms with Gasteiger partial charge in [-0.1, -0.05) is 11.6 Å². The van der Waals surface area contributed by atoms with Gasteiger partial charge in [0.1, 0.15) is 11.5 Å². The van der Waals surface area contributed by atoms with Crippen molar-refractivity contribution in [1.29, 1.82) is 0 Å². The number of allylic oxidation sites excluding steroid dienone is 2. The molecule has 0 atom stereocenters. The highest BCUT2D eigenvalue weighted by atomic mass is 19.1. The number of aromatic amines is 2. The van der Waals surface area contributed by atoms with Gasteiger partial charge in [0, 0.05) is 54.2 Å². The number of rotatable bonds is 5. The predicted molar refractivity (Wildman–Crippen MR) is 142 cm³/mol. The Hall–Kier alpha value is -4.50. The molecule has 5 heterocycles. The summed E-state index contributed by atoms with van der Waals surface area (Å²) in [7, 11) is 4.00. The van der Waals surface area contributed by atoms with Gasteiger partial charge in [0.25, 0.3) is 0 Å². The van der Waals surface area contributed by atoms with Crippen molar-refractivity contribution < 1.29 is 4.39 Å². The molecule has 184 valence electrons. The van der Waals surface area contributed by atoms with E-state index >= 15 is 4.39 Å². The van der Waals surface area contributed by atoms with Crippen molar-refractivity contribution in [3.05, 3.63) is 82.6 Å². The zero-order chi connectivity index (χ0) is 25.5. The van der Waals surface area contributed by atoms with Crippen LogP contribution in [0.25, 0.3) is 51.2 Å². The lowest BCUT2D eigenvalue weighted by atomic mass is 9.98. The van der Waals surface area contributed by atoms with Crippen LogP contribution in [0.4, 0.5) is 4.39 Å². The number of nitrogens with one attached hydrogen (secondary N) is 2. The maximum absolute atomic E-state index is 16.5. The van der Waals surface area contributed by atoms with Crippen LogP contribution in [-0.2, 0) is 6.54 Å². The quantitative estimate of drug-likeness (QED) is 0.389. The van der Waals surface area contributed by atoms with Gasteiger partial charge >= 0.3 is 0 Å². The van der Waals surface area contributed by atoms with Gasteiger partial charge in [-0.3, -0.25) is 20.1 Å². The molecule has 0 aromatic carbocycles. The Bertz CT molecular complexity index is 1780. The molecule has 1 aliphatic carbocycles. The molecule has 0 aliphatic heterocycles. The van der Waals surface area contributed by atoms with Gasteiger partial charge in [-0.05, 0) is 56.8 Å². The molecule has 0 amide bonds. The molecule has 2 N–H and O–H groups in total. The first kappa shape index (κ1) is 22.9. The van der Waals surface area contributed by atoms with E-state index in [0.29, 0.717) is 34.1 Å². The zero-order valence-corrected chi connectivity index (χ0v) is 20.7. The summed E-state index contributed by atoms with van der Waals surface area (Å²) in [4.78, 5) is 23.1. The fourth-order valence-electron chi connectivity index (χ4n) is 4.80. The maximum Gasteiger partial charge on any atom is 0.159 e. The molecule has 6 rings (SSSR count). The molecule has 0 saturated carbocycles. The summed E-state index contributed by atoms with van der Waals surface area (Å²) in [5, 5.41) is 8.52. The van der Waals surface area contributed by atoms with E-state index in [1.165, 1.54) is 0 Å². The van der Waals surface area contributed by atoms with Crippen LogP contribution in [0, 0.1) is 0 Å². The fourth-order valence-corrected chi connectivity index (χ4v) is 4.80. The van der Waals surface area contributed by atoms with Gasteiger partial charge < -0.3 is 9.88 Å². The topological polar surface area (TPSA) is 99.3 Å². The summed E-state index contributed by atoms with van der Waals surface area (Å²) in [5.74, 6) is 0.125. The smallest absolute Gasteiger partial charge is 0.159 e. The molecule has 0 saturated heterocycles. The van der Waals surface area contributed by atoms with Gasteiger partial charge in [0.05, 0.1) is 27.8 Å². The summed E-state index contributed by atoms with van der Waals surface area (Å²) >= 11 is 0. The molecule has 0 radical (unpaired) electrons. The standard InChI is InChI=1S/C28H25FN8/c1-16-4-5-21-24(25(29)23(16)19-10-17(11-31-12-19)15-37(2)3)27(36-35-21)28-33-22-14-32-13-20(26(22)34-28)18-6-8-30-9-7-18/h5-14,35H,4,15H2,1-3H3,(H,33,34). The minimum atomic E-state index is -0.346. The lowest BCUT2D eigenvalue weighted by Gasteiger charge is -2.13. The number of hydrogen-bond donors (Lipinski definition) is 2. The third-order valence-corrected chi connectivity index (χ3v) is 6.46. The summed E-state index contributed by atoms with van der Waals surface area (Å²) in [6.07, 6.45) is 13.0.